The Balaban J connectivity index is 0.00000261. The monoisotopic (exact) mass is 396 g/mol. The van der Waals surface area contributed by atoms with Crippen molar-refractivity contribution >= 4 is 18.3 Å². The van der Waals surface area contributed by atoms with Gasteiger partial charge in [0.05, 0.1) is 7.11 Å². The first-order chi connectivity index (χ1) is 12.6. The summed E-state index contributed by atoms with van der Waals surface area (Å²) in [5.41, 5.74) is 3.18. The second-order valence-corrected chi connectivity index (χ2v) is 6.43. The fourth-order valence-corrected chi connectivity index (χ4v) is 3.13. The van der Waals surface area contributed by atoms with Gasteiger partial charge in [-0.1, -0.05) is 6.07 Å². The molecule has 27 heavy (non-hydrogen) atoms. The number of hydrogen-bond donors (Lipinski definition) is 5. The van der Waals surface area contributed by atoms with Crippen molar-refractivity contribution in [1.29, 1.82) is 0 Å². The smallest absolute Gasteiger partial charge is 0.272 e. The number of ether oxygens (including phenoxy) is 1. The van der Waals surface area contributed by atoms with Crippen molar-refractivity contribution in [3.05, 3.63) is 40.7 Å². The second-order valence-electron chi connectivity index (χ2n) is 6.43. The molecule has 0 aliphatic carbocycles. The number of methoxy groups -OCH3 is 1. The van der Waals surface area contributed by atoms with E-state index in [4.69, 9.17) is 4.74 Å². The van der Waals surface area contributed by atoms with Crippen LogP contribution in [0.25, 0.3) is 0 Å². The van der Waals surface area contributed by atoms with Crippen LogP contribution >= 0.6 is 12.4 Å². The number of amides is 1. The minimum Gasteiger partial charge on any atom is -0.504 e. The topological polar surface area (TPSA) is 120 Å². The SMILES string of the molecule is COc1ccc(CC(CO)CNC(=O)c2n[nH]c3c2CNCC3)cc1O.Cl. The van der Waals surface area contributed by atoms with Crippen LogP contribution in [0, 0.1) is 5.92 Å². The molecule has 1 aromatic heterocycles. The summed E-state index contributed by atoms with van der Waals surface area (Å²) >= 11 is 0. The minimum atomic E-state index is -0.248. The zero-order chi connectivity index (χ0) is 18.5. The molecule has 0 spiro atoms. The Morgan fingerprint density at radius 1 is 1.44 bits per heavy atom. The predicted molar refractivity (Wildman–Crippen MR) is 103 cm³/mol. The summed E-state index contributed by atoms with van der Waals surface area (Å²) in [4.78, 5) is 12.4. The molecule has 9 heteroatoms. The number of benzene rings is 1. The Bertz CT molecular complexity index is 781. The number of aliphatic hydroxyl groups excluding tert-OH is 1. The van der Waals surface area contributed by atoms with Crippen LogP contribution in [-0.4, -0.2) is 53.1 Å². The first-order valence-electron chi connectivity index (χ1n) is 8.64. The van der Waals surface area contributed by atoms with E-state index >= 15 is 0 Å². The first-order valence-corrected chi connectivity index (χ1v) is 8.64. The fraction of sp³-hybridized carbons (Fsp3) is 0.444. The molecule has 0 bridgehead atoms. The Morgan fingerprint density at radius 2 is 2.26 bits per heavy atom. The number of nitrogens with zero attached hydrogens (tertiary/aromatic N) is 1. The lowest BCUT2D eigenvalue weighted by atomic mass is 9.99. The molecule has 1 amide bonds. The molecule has 1 aliphatic heterocycles. The highest BCUT2D eigenvalue weighted by Gasteiger charge is 2.22. The van der Waals surface area contributed by atoms with E-state index in [1.54, 1.807) is 12.1 Å². The molecule has 3 rings (SSSR count). The molecular formula is C18H25ClN4O4. The van der Waals surface area contributed by atoms with Gasteiger partial charge in [0.15, 0.2) is 17.2 Å². The Kier molecular flexibility index (Phi) is 7.46. The predicted octanol–water partition coefficient (Wildman–Crippen LogP) is 0.772. The lowest BCUT2D eigenvalue weighted by molar-refractivity contribution is 0.0933. The fourth-order valence-electron chi connectivity index (χ4n) is 3.13. The van der Waals surface area contributed by atoms with Gasteiger partial charge in [0.25, 0.3) is 5.91 Å². The molecule has 1 aliphatic rings. The zero-order valence-electron chi connectivity index (χ0n) is 15.1. The van der Waals surface area contributed by atoms with Crippen molar-refractivity contribution in [2.75, 3.05) is 26.8 Å². The number of halogens is 1. The molecule has 1 atom stereocenters. The van der Waals surface area contributed by atoms with E-state index in [0.717, 1.165) is 29.8 Å². The summed E-state index contributed by atoms with van der Waals surface area (Å²) in [6.45, 7) is 1.74. The van der Waals surface area contributed by atoms with Crippen LogP contribution in [-0.2, 0) is 19.4 Å². The van der Waals surface area contributed by atoms with Gasteiger partial charge < -0.3 is 25.6 Å². The van der Waals surface area contributed by atoms with Crippen LogP contribution < -0.4 is 15.4 Å². The number of aromatic amines is 1. The van der Waals surface area contributed by atoms with E-state index < -0.39 is 0 Å². The van der Waals surface area contributed by atoms with Gasteiger partial charge in [0.2, 0.25) is 0 Å². The summed E-state index contributed by atoms with van der Waals surface area (Å²) in [5.74, 6) is 0.0442. The number of phenols is 1. The maximum absolute atomic E-state index is 12.4. The number of phenolic OH excluding ortho intramolecular Hbond substituents is 1. The molecular weight excluding hydrogens is 372 g/mol. The molecule has 0 radical (unpaired) electrons. The van der Waals surface area contributed by atoms with Gasteiger partial charge in [-0.05, 0) is 24.1 Å². The Hall–Kier alpha value is -2.29. The number of aromatic nitrogens is 2. The molecule has 2 aromatic rings. The average molecular weight is 397 g/mol. The highest BCUT2D eigenvalue weighted by molar-refractivity contribution is 5.94. The molecule has 0 saturated heterocycles. The summed E-state index contributed by atoms with van der Waals surface area (Å²) in [6, 6.07) is 5.12. The van der Waals surface area contributed by atoms with Crippen LogP contribution in [0.4, 0.5) is 0 Å². The number of H-pyrrole nitrogens is 1. The molecule has 5 N–H and O–H groups in total. The number of aromatic hydroxyl groups is 1. The number of carbonyl (C=O) groups is 1. The van der Waals surface area contributed by atoms with Crippen molar-refractivity contribution in [3.63, 3.8) is 0 Å². The average Bonchev–Trinajstić information content (AvgIpc) is 3.09. The molecule has 2 heterocycles. The van der Waals surface area contributed by atoms with E-state index in [1.807, 2.05) is 6.07 Å². The molecule has 0 saturated carbocycles. The van der Waals surface area contributed by atoms with Gasteiger partial charge >= 0.3 is 0 Å². The van der Waals surface area contributed by atoms with Crippen LogP contribution in [0.5, 0.6) is 11.5 Å². The second kappa shape index (κ2) is 9.59. The summed E-state index contributed by atoms with van der Waals surface area (Å²) in [7, 11) is 1.49. The maximum atomic E-state index is 12.4. The van der Waals surface area contributed by atoms with Crippen molar-refractivity contribution in [2.24, 2.45) is 5.92 Å². The van der Waals surface area contributed by atoms with E-state index in [0.29, 0.717) is 31.0 Å². The number of hydrogen-bond acceptors (Lipinski definition) is 6. The quantitative estimate of drug-likeness (QED) is 0.471. The van der Waals surface area contributed by atoms with Crippen molar-refractivity contribution < 1.29 is 19.7 Å². The third kappa shape index (κ3) is 4.91. The lowest BCUT2D eigenvalue weighted by Gasteiger charge is -2.16. The molecule has 8 nitrogen and oxygen atoms in total. The first kappa shape index (κ1) is 21.0. The number of carbonyl (C=O) groups excluding carboxylic acids is 1. The van der Waals surface area contributed by atoms with Crippen LogP contribution in [0.2, 0.25) is 0 Å². The van der Waals surface area contributed by atoms with Gasteiger partial charge in [-0.15, -0.1) is 12.4 Å². The normalized spacial score (nSPS) is 14.0. The molecule has 1 aromatic carbocycles. The van der Waals surface area contributed by atoms with Crippen LogP contribution in [0.1, 0.15) is 27.3 Å². The zero-order valence-corrected chi connectivity index (χ0v) is 15.9. The number of rotatable bonds is 7. The van der Waals surface area contributed by atoms with Crippen LogP contribution in [0.3, 0.4) is 0 Å². The van der Waals surface area contributed by atoms with Crippen LogP contribution in [0.15, 0.2) is 18.2 Å². The van der Waals surface area contributed by atoms with E-state index in [9.17, 15) is 15.0 Å². The van der Waals surface area contributed by atoms with Gasteiger partial charge in [0.1, 0.15) is 0 Å². The maximum Gasteiger partial charge on any atom is 0.272 e. The van der Waals surface area contributed by atoms with Crippen molar-refractivity contribution in [1.82, 2.24) is 20.8 Å². The summed E-state index contributed by atoms with van der Waals surface area (Å²) < 4.78 is 5.03. The molecule has 0 fully saturated rings. The van der Waals surface area contributed by atoms with E-state index in [-0.39, 0.29) is 36.6 Å². The van der Waals surface area contributed by atoms with Gasteiger partial charge in [-0.3, -0.25) is 9.89 Å². The van der Waals surface area contributed by atoms with E-state index in [2.05, 4.69) is 20.8 Å². The molecule has 148 valence electrons. The summed E-state index contributed by atoms with van der Waals surface area (Å²) in [5, 5.41) is 32.6. The van der Waals surface area contributed by atoms with Crippen molar-refractivity contribution in [2.45, 2.75) is 19.4 Å². The Morgan fingerprint density at radius 3 is 2.96 bits per heavy atom. The molecule has 1 unspecified atom stereocenters. The summed E-state index contributed by atoms with van der Waals surface area (Å²) in [6.07, 6.45) is 1.35. The number of fused-ring (bicyclic) bond motifs is 1. The van der Waals surface area contributed by atoms with Gasteiger partial charge in [-0.25, -0.2) is 0 Å². The standard InChI is InChI=1S/C18H24N4O4.ClH/c1-26-16-3-2-11(7-15(16)24)6-12(10-23)8-20-18(25)17-13-9-19-5-4-14(13)21-22-17;/h2-3,7,12,19,23-24H,4-6,8-10H2,1H3,(H,20,25)(H,21,22);1H. The third-order valence-corrected chi connectivity index (χ3v) is 4.60. The number of aliphatic hydroxyl groups is 1. The highest BCUT2D eigenvalue weighted by atomic mass is 35.5. The lowest BCUT2D eigenvalue weighted by Crippen LogP contribution is -2.33. The van der Waals surface area contributed by atoms with Gasteiger partial charge in [-0.2, -0.15) is 5.10 Å². The van der Waals surface area contributed by atoms with Crippen molar-refractivity contribution in [3.8, 4) is 11.5 Å². The Labute approximate surface area is 163 Å². The number of nitrogens with one attached hydrogen (secondary N) is 3. The van der Waals surface area contributed by atoms with Gasteiger partial charge in [0, 0.05) is 49.8 Å². The minimum absolute atomic E-state index is 0. The largest absolute Gasteiger partial charge is 0.504 e. The highest BCUT2D eigenvalue weighted by Crippen LogP contribution is 2.27. The van der Waals surface area contributed by atoms with E-state index in [1.165, 1.54) is 7.11 Å². The third-order valence-electron chi connectivity index (χ3n) is 4.60.